The second-order valence-corrected chi connectivity index (χ2v) is 9.53. The molecule has 0 spiro atoms. The van der Waals surface area contributed by atoms with Crippen molar-refractivity contribution in [1.82, 2.24) is 15.0 Å². The summed E-state index contributed by atoms with van der Waals surface area (Å²) in [6.45, 7) is -0.0614. The standard InChI is InChI=1S/C21H26ClN3O5S/c22-17-5-1-2-6-20(17)31(28,29)24-11-9-16-7-8-18(19(14-26)30-16)25-21(27)12-15-4-3-10-23-13-15/h1-6,10,13,16,18-19,24,26H,7-9,11-12,14H2,(H,25,27)/t16-,18-,19+/m0/s1. The molecule has 1 aromatic carbocycles. The molecule has 168 valence electrons. The van der Waals surface area contributed by atoms with Gasteiger partial charge in [0.25, 0.3) is 0 Å². The van der Waals surface area contributed by atoms with E-state index < -0.39 is 16.1 Å². The first-order valence-electron chi connectivity index (χ1n) is 10.1. The number of hydrogen-bond acceptors (Lipinski definition) is 6. The van der Waals surface area contributed by atoms with Crippen molar-refractivity contribution in [2.24, 2.45) is 0 Å². The fourth-order valence-electron chi connectivity index (χ4n) is 3.55. The molecule has 3 N–H and O–H groups in total. The quantitative estimate of drug-likeness (QED) is 0.516. The van der Waals surface area contributed by atoms with Gasteiger partial charge in [-0.15, -0.1) is 0 Å². The number of nitrogens with zero attached hydrogens (tertiary/aromatic N) is 1. The molecule has 0 saturated carbocycles. The van der Waals surface area contributed by atoms with Crippen molar-refractivity contribution in [2.75, 3.05) is 13.2 Å². The molecule has 1 fully saturated rings. The Bertz CT molecular complexity index is 974. The highest BCUT2D eigenvalue weighted by molar-refractivity contribution is 7.89. The van der Waals surface area contributed by atoms with E-state index in [9.17, 15) is 18.3 Å². The summed E-state index contributed by atoms with van der Waals surface area (Å²) >= 11 is 5.97. The van der Waals surface area contributed by atoms with Crippen LogP contribution in [0.2, 0.25) is 5.02 Å². The molecule has 1 aromatic heterocycles. The van der Waals surface area contributed by atoms with Crippen molar-refractivity contribution >= 4 is 27.5 Å². The number of nitrogens with one attached hydrogen (secondary N) is 2. The van der Waals surface area contributed by atoms with E-state index in [0.717, 1.165) is 5.56 Å². The maximum Gasteiger partial charge on any atom is 0.242 e. The van der Waals surface area contributed by atoms with Crippen LogP contribution in [0.15, 0.2) is 53.7 Å². The maximum atomic E-state index is 12.4. The summed E-state index contributed by atoms with van der Waals surface area (Å²) in [6.07, 6.45) is 4.43. The van der Waals surface area contributed by atoms with Gasteiger partial charge in [-0.1, -0.05) is 29.8 Å². The molecule has 10 heteroatoms. The number of hydrogen-bond donors (Lipinski definition) is 3. The monoisotopic (exact) mass is 467 g/mol. The molecule has 2 aromatic rings. The Morgan fingerprint density at radius 1 is 1.23 bits per heavy atom. The van der Waals surface area contributed by atoms with Gasteiger partial charge in [0.1, 0.15) is 11.0 Å². The van der Waals surface area contributed by atoms with Crippen LogP contribution in [0.4, 0.5) is 0 Å². The van der Waals surface area contributed by atoms with Gasteiger partial charge >= 0.3 is 0 Å². The van der Waals surface area contributed by atoms with Gasteiger partial charge in [-0.2, -0.15) is 0 Å². The second-order valence-electron chi connectivity index (χ2n) is 7.39. The van der Waals surface area contributed by atoms with Crippen molar-refractivity contribution in [2.45, 2.75) is 48.8 Å². The van der Waals surface area contributed by atoms with E-state index in [4.69, 9.17) is 16.3 Å². The Morgan fingerprint density at radius 3 is 2.74 bits per heavy atom. The first-order chi connectivity index (χ1) is 14.9. The summed E-state index contributed by atoms with van der Waals surface area (Å²) in [5.74, 6) is -0.161. The topological polar surface area (TPSA) is 118 Å². The highest BCUT2D eigenvalue weighted by atomic mass is 35.5. The van der Waals surface area contributed by atoms with Crippen molar-refractivity contribution in [3.63, 3.8) is 0 Å². The summed E-state index contributed by atoms with van der Waals surface area (Å²) in [7, 11) is -3.72. The molecule has 3 rings (SSSR count). The Morgan fingerprint density at radius 2 is 2.03 bits per heavy atom. The molecule has 3 atom stereocenters. The van der Waals surface area contributed by atoms with E-state index in [1.54, 1.807) is 30.6 Å². The predicted octanol–water partition coefficient (Wildman–Crippen LogP) is 1.67. The second kappa shape index (κ2) is 11.0. The number of aliphatic hydroxyl groups excluding tert-OH is 1. The van der Waals surface area contributed by atoms with Crippen molar-refractivity contribution < 1.29 is 23.1 Å². The molecule has 0 radical (unpaired) electrons. The van der Waals surface area contributed by atoms with E-state index in [0.29, 0.717) is 19.3 Å². The molecule has 2 heterocycles. The number of sulfonamides is 1. The summed E-state index contributed by atoms with van der Waals surface area (Å²) in [4.78, 5) is 16.3. The lowest BCUT2D eigenvalue weighted by molar-refractivity contribution is -0.127. The fourth-order valence-corrected chi connectivity index (χ4v) is 5.11. The summed E-state index contributed by atoms with van der Waals surface area (Å²) in [6, 6.07) is 9.54. The molecular weight excluding hydrogens is 442 g/mol. The van der Waals surface area contributed by atoms with E-state index in [2.05, 4.69) is 15.0 Å². The van der Waals surface area contributed by atoms with Crippen LogP contribution < -0.4 is 10.0 Å². The van der Waals surface area contributed by atoms with E-state index in [1.165, 1.54) is 12.1 Å². The lowest BCUT2D eigenvalue weighted by atomic mass is 9.97. The van der Waals surface area contributed by atoms with Crippen molar-refractivity contribution in [3.8, 4) is 0 Å². The van der Waals surface area contributed by atoms with E-state index in [1.807, 2.05) is 6.07 Å². The van der Waals surface area contributed by atoms with Crippen molar-refractivity contribution in [3.05, 3.63) is 59.4 Å². The molecule has 0 bridgehead atoms. The third-order valence-corrected chi connectivity index (χ3v) is 7.07. The summed E-state index contributed by atoms with van der Waals surface area (Å²) in [5.41, 5.74) is 0.806. The number of carbonyl (C=O) groups excluding carboxylic acids is 1. The number of rotatable bonds is 9. The number of pyridine rings is 1. The first kappa shape index (κ1) is 23.6. The van der Waals surface area contributed by atoms with Gasteiger partial charge in [-0.25, -0.2) is 13.1 Å². The van der Waals surface area contributed by atoms with Gasteiger partial charge in [-0.05, 0) is 43.0 Å². The SMILES string of the molecule is O=C(Cc1cccnc1)N[C@H]1CC[C@@H](CCNS(=O)(=O)c2ccccc2Cl)O[C@@H]1CO. The van der Waals surface area contributed by atoms with Gasteiger partial charge in [0.05, 0.1) is 30.2 Å². The molecule has 31 heavy (non-hydrogen) atoms. The smallest absolute Gasteiger partial charge is 0.242 e. The van der Waals surface area contributed by atoms with Crippen molar-refractivity contribution in [1.29, 1.82) is 0 Å². The highest BCUT2D eigenvalue weighted by Crippen LogP contribution is 2.23. The van der Waals surface area contributed by atoms with Crippen LogP contribution in [0, 0.1) is 0 Å². The lowest BCUT2D eigenvalue weighted by Gasteiger charge is -2.36. The molecule has 1 aliphatic heterocycles. The van der Waals surface area contributed by atoms with Crippen LogP contribution in [0.1, 0.15) is 24.8 Å². The third kappa shape index (κ3) is 6.72. The molecule has 1 aliphatic rings. The summed E-state index contributed by atoms with van der Waals surface area (Å²) in [5, 5.41) is 12.8. The number of aliphatic hydroxyl groups is 1. The average Bonchev–Trinajstić information content (AvgIpc) is 2.75. The van der Waals surface area contributed by atoms with Crippen LogP contribution >= 0.6 is 11.6 Å². The minimum absolute atomic E-state index is 0.0332. The minimum Gasteiger partial charge on any atom is -0.394 e. The normalized spacial score (nSPS) is 21.5. The first-order valence-corrected chi connectivity index (χ1v) is 11.9. The van der Waals surface area contributed by atoms with Gasteiger partial charge < -0.3 is 15.2 Å². The van der Waals surface area contributed by atoms with Crippen LogP contribution in [-0.2, 0) is 26.0 Å². The molecule has 0 unspecified atom stereocenters. The highest BCUT2D eigenvalue weighted by Gasteiger charge is 2.32. The van der Waals surface area contributed by atoms with E-state index in [-0.39, 0.29) is 47.5 Å². The van der Waals surface area contributed by atoms with Crippen LogP contribution in [0.3, 0.4) is 0 Å². The lowest BCUT2D eigenvalue weighted by Crippen LogP contribution is -2.51. The number of amides is 1. The molecule has 8 nitrogen and oxygen atoms in total. The fraction of sp³-hybridized carbons (Fsp3) is 0.429. The Kier molecular flexibility index (Phi) is 8.39. The van der Waals surface area contributed by atoms with Crippen LogP contribution in [-0.4, -0.2) is 55.8 Å². The molecule has 1 saturated heterocycles. The number of carbonyl (C=O) groups is 1. The van der Waals surface area contributed by atoms with Crippen LogP contribution in [0.25, 0.3) is 0 Å². The summed E-state index contributed by atoms with van der Waals surface area (Å²) < 4.78 is 33.3. The molecular formula is C21H26ClN3O5S. The van der Waals surface area contributed by atoms with Gasteiger partial charge in [0, 0.05) is 18.9 Å². The number of halogens is 1. The zero-order valence-electron chi connectivity index (χ0n) is 16.9. The Balaban J connectivity index is 1.47. The minimum atomic E-state index is -3.72. The van der Waals surface area contributed by atoms with Crippen LogP contribution in [0.5, 0.6) is 0 Å². The zero-order chi connectivity index (χ0) is 22.3. The molecule has 0 aliphatic carbocycles. The van der Waals surface area contributed by atoms with Gasteiger partial charge in [-0.3, -0.25) is 9.78 Å². The van der Waals surface area contributed by atoms with E-state index >= 15 is 0 Å². The van der Waals surface area contributed by atoms with Gasteiger partial charge in [0.15, 0.2) is 0 Å². The zero-order valence-corrected chi connectivity index (χ0v) is 18.5. The third-order valence-electron chi connectivity index (χ3n) is 5.11. The Labute approximate surface area is 187 Å². The number of ether oxygens (including phenoxy) is 1. The number of aromatic nitrogens is 1. The number of benzene rings is 1. The average molecular weight is 468 g/mol. The largest absolute Gasteiger partial charge is 0.394 e. The van der Waals surface area contributed by atoms with Gasteiger partial charge in [0.2, 0.25) is 15.9 Å². The predicted molar refractivity (Wildman–Crippen MR) is 116 cm³/mol. The maximum absolute atomic E-state index is 12.4. The Hall–Kier alpha value is -2.04. The molecule has 1 amide bonds.